The molecule has 21 heavy (non-hydrogen) atoms. The smallest absolute Gasteiger partial charge is 0.241 e. The molecule has 1 aliphatic rings. The second-order valence-corrected chi connectivity index (χ2v) is 5.59. The van der Waals surface area contributed by atoms with Gasteiger partial charge in [-0.25, -0.2) is 0 Å². The molecule has 3 rings (SSSR count). The van der Waals surface area contributed by atoms with E-state index in [-0.39, 0.29) is 5.91 Å². The molecule has 0 saturated carbocycles. The highest BCUT2D eigenvalue weighted by atomic mass is 16.2. The summed E-state index contributed by atoms with van der Waals surface area (Å²) in [6.45, 7) is 2.03. The Morgan fingerprint density at radius 2 is 1.95 bits per heavy atom. The summed E-state index contributed by atoms with van der Waals surface area (Å²) < 4.78 is 0. The number of rotatable bonds is 4. The van der Waals surface area contributed by atoms with Crippen LogP contribution >= 0.6 is 0 Å². The summed E-state index contributed by atoms with van der Waals surface area (Å²) in [5.41, 5.74) is 11.8. The Morgan fingerprint density at radius 1 is 1.19 bits per heavy atom. The zero-order chi connectivity index (χ0) is 14.8. The summed E-state index contributed by atoms with van der Waals surface area (Å²) in [7, 11) is 0. The average Bonchev–Trinajstić information content (AvgIpc) is 2.85. The first kappa shape index (κ1) is 13.8. The van der Waals surface area contributed by atoms with Crippen LogP contribution in [0.1, 0.15) is 30.9 Å². The Bertz CT molecular complexity index is 679. The molecule has 1 aliphatic carbocycles. The number of carbonyl (C=O) groups excluding carboxylic acids is 1. The maximum absolute atomic E-state index is 12.0. The van der Waals surface area contributed by atoms with Crippen molar-refractivity contribution in [1.82, 2.24) is 0 Å². The first-order chi connectivity index (χ1) is 10.2. The van der Waals surface area contributed by atoms with Gasteiger partial charge >= 0.3 is 0 Å². The minimum absolute atomic E-state index is 0.104. The fourth-order valence-corrected chi connectivity index (χ4v) is 2.90. The van der Waals surface area contributed by atoms with E-state index in [9.17, 15) is 4.79 Å². The fraction of sp³-hybridized carbons (Fsp3) is 0.278. The van der Waals surface area contributed by atoms with E-state index in [1.807, 2.05) is 13.0 Å². The Kier molecular flexibility index (Phi) is 3.76. The molecule has 0 fully saturated rings. The van der Waals surface area contributed by atoms with Gasteiger partial charge in [-0.3, -0.25) is 4.79 Å². The van der Waals surface area contributed by atoms with Gasteiger partial charge in [0, 0.05) is 5.69 Å². The molecule has 0 unspecified atom stereocenters. The Balaban J connectivity index is 1.80. The summed E-state index contributed by atoms with van der Waals surface area (Å²) in [4.78, 5) is 12.0. The van der Waals surface area contributed by atoms with Crippen LogP contribution in [0.25, 0.3) is 11.1 Å². The number of fused-ring (bicyclic) bond motifs is 3. The van der Waals surface area contributed by atoms with Gasteiger partial charge in [-0.15, -0.1) is 0 Å². The molecule has 1 atom stereocenters. The van der Waals surface area contributed by atoms with Crippen LogP contribution in [0, 0.1) is 0 Å². The highest BCUT2D eigenvalue weighted by molar-refractivity contribution is 5.95. The molecule has 1 amide bonds. The summed E-state index contributed by atoms with van der Waals surface area (Å²) in [5.74, 6) is -0.104. The fourth-order valence-electron chi connectivity index (χ4n) is 2.90. The Hall–Kier alpha value is -2.13. The number of carbonyl (C=O) groups is 1. The van der Waals surface area contributed by atoms with E-state index >= 15 is 0 Å². The number of anilines is 1. The minimum atomic E-state index is -0.430. The van der Waals surface area contributed by atoms with Crippen molar-refractivity contribution in [2.75, 3.05) is 5.32 Å². The molecule has 3 heteroatoms. The first-order valence-corrected chi connectivity index (χ1v) is 7.46. The summed E-state index contributed by atoms with van der Waals surface area (Å²) in [5, 5.41) is 2.92. The standard InChI is InChI=1S/C18H20N2O/c1-2-5-17(19)18(21)20-14-8-9-16-13(11-14)10-12-6-3-4-7-15(12)16/h3-4,6-9,11,17H,2,5,10,19H2,1H3,(H,20,21)/t17-/m1/s1. The van der Waals surface area contributed by atoms with Gasteiger partial charge in [-0.1, -0.05) is 43.7 Å². The van der Waals surface area contributed by atoms with E-state index in [4.69, 9.17) is 5.73 Å². The van der Waals surface area contributed by atoms with E-state index in [0.717, 1.165) is 18.5 Å². The van der Waals surface area contributed by atoms with Gasteiger partial charge in [0.25, 0.3) is 0 Å². The molecule has 0 heterocycles. The molecule has 0 saturated heterocycles. The van der Waals surface area contributed by atoms with Crippen molar-refractivity contribution in [2.45, 2.75) is 32.2 Å². The largest absolute Gasteiger partial charge is 0.325 e. The third-order valence-electron chi connectivity index (χ3n) is 4.00. The van der Waals surface area contributed by atoms with Crippen LogP contribution in [0.3, 0.4) is 0 Å². The molecule has 3 nitrogen and oxygen atoms in total. The molecule has 0 radical (unpaired) electrons. The molecule has 0 spiro atoms. The van der Waals surface area contributed by atoms with Crippen LogP contribution in [-0.2, 0) is 11.2 Å². The van der Waals surface area contributed by atoms with Gasteiger partial charge in [0.1, 0.15) is 0 Å². The van der Waals surface area contributed by atoms with Gasteiger partial charge in [0.2, 0.25) is 5.91 Å². The van der Waals surface area contributed by atoms with E-state index in [0.29, 0.717) is 6.42 Å². The number of nitrogens with two attached hydrogens (primary N) is 1. The lowest BCUT2D eigenvalue weighted by molar-refractivity contribution is -0.117. The summed E-state index contributed by atoms with van der Waals surface area (Å²) in [6, 6.07) is 14.1. The predicted octanol–water partition coefficient (Wildman–Crippen LogP) is 3.32. The van der Waals surface area contributed by atoms with Crippen LogP contribution < -0.4 is 11.1 Å². The van der Waals surface area contributed by atoms with Gasteiger partial charge in [0.15, 0.2) is 0 Å². The van der Waals surface area contributed by atoms with Gasteiger partial charge in [-0.2, -0.15) is 0 Å². The highest BCUT2D eigenvalue weighted by Crippen LogP contribution is 2.37. The van der Waals surface area contributed by atoms with Crippen molar-refractivity contribution in [3.63, 3.8) is 0 Å². The van der Waals surface area contributed by atoms with Gasteiger partial charge in [0.05, 0.1) is 6.04 Å². The topological polar surface area (TPSA) is 55.1 Å². The van der Waals surface area contributed by atoms with Crippen molar-refractivity contribution in [1.29, 1.82) is 0 Å². The quantitative estimate of drug-likeness (QED) is 0.770. The SMILES string of the molecule is CCC[C@@H](N)C(=O)Nc1ccc2c(c1)Cc1ccccc1-2. The van der Waals surface area contributed by atoms with Crippen molar-refractivity contribution in [3.05, 3.63) is 53.6 Å². The normalized spacial score (nSPS) is 13.4. The van der Waals surface area contributed by atoms with E-state index in [2.05, 4.69) is 41.7 Å². The number of benzene rings is 2. The molecular formula is C18H20N2O. The summed E-state index contributed by atoms with van der Waals surface area (Å²) >= 11 is 0. The molecule has 108 valence electrons. The second-order valence-electron chi connectivity index (χ2n) is 5.59. The number of hydrogen-bond donors (Lipinski definition) is 2. The monoisotopic (exact) mass is 280 g/mol. The van der Waals surface area contributed by atoms with E-state index < -0.39 is 6.04 Å². The lowest BCUT2D eigenvalue weighted by Gasteiger charge is -2.12. The average molecular weight is 280 g/mol. The second kappa shape index (κ2) is 5.70. The molecule has 0 bridgehead atoms. The molecule has 2 aromatic rings. The van der Waals surface area contributed by atoms with Gasteiger partial charge in [-0.05, 0) is 47.2 Å². The molecule has 0 aliphatic heterocycles. The lowest BCUT2D eigenvalue weighted by Crippen LogP contribution is -2.35. The zero-order valence-corrected chi connectivity index (χ0v) is 12.2. The number of hydrogen-bond acceptors (Lipinski definition) is 2. The van der Waals surface area contributed by atoms with Crippen LogP contribution in [0.5, 0.6) is 0 Å². The highest BCUT2D eigenvalue weighted by Gasteiger charge is 2.19. The van der Waals surface area contributed by atoms with Crippen LogP contribution in [0.4, 0.5) is 5.69 Å². The molecule has 2 aromatic carbocycles. The van der Waals surface area contributed by atoms with Crippen molar-refractivity contribution in [3.8, 4) is 11.1 Å². The van der Waals surface area contributed by atoms with E-state index in [1.165, 1.54) is 22.3 Å². The minimum Gasteiger partial charge on any atom is -0.325 e. The van der Waals surface area contributed by atoms with E-state index in [1.54, 1.807) is 0 Å². The third kappa shape index (κ3) is 2.69. The van der Waals surface area contributed by atoms with Gasteiger partial charge < -0.3 is 11.1 Å². The summed E-state index contributed by atoms with van der Waals surface area (Å²) in [6.07, 6.45) is 2.55. The zero-order valence-electron chi connectivity index (χ0n) is 12.2. The lowest BCUT2D eigenvalue weighted by atomic mass is 10.1. The predicted molar refractivity (Wildman–Crippen MR) is 86.2 cm³/mol. The van der Waals surface area contributed by atoms with Crippen molar-refractivity contribution < 1.29 is 4.79 Å². The number of nitrogens with one attached hydrogen (secondary N) is 1. The molecule has 0 aromatic heterocycles. The number of amides is 1. The van der Waals surface area contributed by atoms with Crippen molar-refractivity contribution >= 4 is 11.6 Å². The van der Waals surface area contributed by atoms with Crippen LogP contribution in [0.15, 0.2) is 42.5 Å². The first-order valence-electron chi connectivity index (χ1n) is 7.46. The van der Waals surface area contributed by atoms with Crippen LogP contribution in [-0.4, -0.2) is 11.9 Å². The van der Waals surface area contributed by atoms with Crippen molar-refractivity contribution in [2.24, 2.45) is 5.73 Å². The molecule has 3 N–H and O–H groups in total. The Morgan fingerprint density at radius 3 is 2.76 bits per heavy atom. The molecular weight excluding hydrogens is 260 g/mol. The maximum atomic E-state index is 12.0. The maximum Gasteiger partial charge on any atom is 0.241 e. The Labute approximate surface area is 125 Å². The van der Waals surface area contributed by atoms with Crippen LogP contribution in [0.2, 0.25) is 0 Å². The third-order valence-corrected chi connectivity index (χ3v) is 4.00.